The van der Waals surface area contributed by atoms with E-state index in [0.29, 0.717) is 0 Å². The van der Waals surface area contributed by atoms with Crippen LogP contribution < -0.4 is 5.32 Å². The highest BCUT2D eigenvalue weighted by Crippen LogP contribution is 2.20. The zero-order valence-corrected chi connectivity index (χ0v) is 12.3. The maximum Gasteiger partial charge on any atom is 0.103 e. The van der Waals surface area contributed by atoms with Gasteiger partial charge in [0.2, 0.25) is 0 Å². The van der Waals surface area contributed by atoms with E-state index >= 15 is 0 Å². The van der Waals surface area contributed by atoms with Crippen LogP contribution in [0.25, 0.3) is 0 Å². The van der Waals surface area contributed by atoms with Crippen molar-refractivity contribution in [3.8, 4) is 6.07 Å². The monoisotopic (exact) mass is 251 g/mol. The number of likely N-dealkylation sites (tertiary alicyclic amines) is 1. The van der Waals surface area contributed by atoms with E-state index in [9.17, 15) is 5.26 Å². The van der Waals surface area contributed by atoms with Crippen molar-refractivity contribution in [2.45, 2.75) is 58.4 Å². The Morgan fingerprint density at radius 2 is 2.00 bits per heavy atom. The van der Waals surface area contributed by atoms with Crippen molar-refractivity contribution in [1.29, 1.82) is 5.26 Å². The average Bonchev–Trinajstić information content (AvgIpc) is 2.40. The largest absolute Gasteiger partial charge is 0.303 e. The second kappa shape index (κ2) is 7.76. The quantitative estimate of drug-likeness (QED) is 0.756. The predicted octanol–water partition coefficient (Wildman–Crippen LogP) is 2.78. The fourth-order valence-corrected chi connectivity index (χ4v) is 2.85. The van der Waals surface area contributed by atoms with Gasteiger partial charge in [-0.05, 0) is 64.7 Å². The van der Waals surface area contributed by atoms with Crippen molar-refractivity contribution in [3.05, 3.63) is 0 Å². The lowest BCUT2D eigenvalue weighted by atomic mass is 9.93. The Kier molecular flexibility index (Phi) is 6.67. The number of nitriles is 1. The molecule has 1 N–H and O–H groups in total. The molecule has 0 aromatic carbocycles. The van der Waals surface area contributed by atoms with Gasteiger partial charge < -0.3 is 4.90 Å². The number of hydrogen-bond acceptors (Lipinski definition) is 3. The van der Waals surface area contributed by atoms with Crippen LogP contribution in [0.5, 0.6) is 0 Å². The van der Waals surface area contributed by atoms with E-state index < -0.39 is 0 Å². The minimum Gasteiger partial charge on any atom is -0.303 e. The van der Waals surface area contributed by atoms with Crippen LogP contribution in [0.15, 0.2) is 0 Å². The molecular weight excluding hydrogens is 222 g/mol. The Labute approximate surface area is 113 Å². The van der Waals surface area contributed by atoms with Gasteiger partial charge in [-0.1, -0.05) is 20.3 Å². The molecule has 3 heteroatoms. The lowest BCUT2D eigenvalue weighted by Gasteiger charge is -2.32. The number of rotatable bonds is 7. The predicted molar refractivity (Wildman–Crippen MR) is 76.4 cm³/mol. The van der Waals surface area contributed by atoms with Gasteiger partial charge in [0.05, 0.1) is 6.07 Å². The van der Waals surface area contributed by atoms with E-state index in [-0.39, 0.29) is 5.54 Å². The first-order valence-electron chi connectivity index (χ1n) is 7.52. The van der Waals surface area contributed by atoms with Gasteiger partial charge in [-0.15, -0.1) is 0 Å². The third-order valence-corrected chi connectivity index (χ3v) is 4.25. The molecule has 1 atom stereocenters. The van der Waals surface area contributed by atoms with E-state index in [4.69, 9.17) is 0 Å². The Bertz CT molecular complexity index is 263. The fraction of sp³-hybridized carbons (Fsp3) is 0.933. The van der Waals surface area contributed by atoms with Crippen molar-refractivity contribution < 1.29 is 0 Å². The van der Waals surface area contributed by atoms with Crippen LogP contribution in [-0.4, -0.2) is 36.6 Å². The van der Waals surface area contributed by atoms with Gasteiger partial charge in [-0.25, -0.2) is 0 Å². The molecule has 1 heterocycles. The number of piperidine rings is 1. The maximum absolute atomic E-state index is 9.19. The summed E-state index contributed by atoms with van der Waals surface area (Å²) in [5.41, 5.74) is -0.337. The molecule has 0 aromatic rings. The Morgan fingerprint density at radius 1 is 1.33 bits per heavy atom. The minimum absolute atomic E-state index is 0.337. The van der Waals surface area contributed by atoms with Gasteiger partial charge >= 0.3 is 0 Å². The Morgan fingerprint density at radius 3 is 2.50 bits per heavy atom. The number of nitrogens with one attached hydrogen (secondary N) is 1. The molecule has 0 spiro atoms. The van der Waals surface area contributed by atoms with E-state index in [1.165, 1.54) is 32.4 Å². The van der Waals surface area contributed by atoms with Crippen LogP contribution in [0.3, 0.4) is 0 Å². The summed E-state index contributed by atoms with van der Waals surface area (Å²) in [4.78, 5) is 2.57. The molecular formula is C15H29N3. The summed E-state index contributed by atoms with van der Waals surface area (Å²) in [6.45, 7) is 10.9. The van der Waals surface area contributed by atoms with Gasteiger partial charge in [-0.2, -0.15) is 5.26 Å². The van der Waals surface area contributed by atoms with E-state index in [1.54, 1.807) is 0 Å². The van der Waals surface area contributed by atoms with E-state index in [1.807, 2.05) is 6.92 Å². The normalized spacial score (nSPS) is 21.4. The summed E-state index contributed by atoms with van der Waals surface area (Å²) < 4.78 is 0. The van der Waals surface area contributed by atoms with E-state index in [0.717, 1.165) is 31.8 Å². The molecule has 1 fully saturated rings. The first kappa shape index (κ1) is 15.5. The van der Waals surface area contributed by atoms with Crippen LogP contribution in [-0.2, 0) is 0 Å². The highest BCUT2D eigenvalue weighted by atomic mass is 15.1. The van der Waals surface area contributed by atoms with Crippen LogP contribution in [0.1, 0.15) is 52.9 Å². The van der Waals surface area contributed by atoms with Crippen molar-refractivity contribution in [2.24, 2.45) is 5.92 Å². The summed E-state index contributed by atoms with van der Waals surface area (Å²) in [6.07, 6.45) is 6.12. The molecule has 0 saturated carbocycles. The van der Waals surface area contributed by atoms with Gasteiger partial charge in [0, 0.05) is 0 Å². The van der Waals surface area contributed by atoms with Crippen LogP contribution >= 0.6 is 0 Å². The lowest BCUT2D eigenvalue weighted by molar-refractivity contribution is 0.176. The second-order valence-electron chi connectivity index (χ2n) is 5.77. The minimum atomic E-state index is -0.337. The second-order valence-corrected chi connectivity index (χ2v) is 5.77. The van der Waals surface area contributed by atoms with Crippen molar-refractivity contribution in [2.75, 3.05) is 26.2 Å². The number of hydrogen-bond donors (Lipinski definition) is 1. The number of nitrogens with zero attached hydrogens (tertiary/aromatic N) is 2. The first-order valence-corrected chi connectivity index (χ1v) is 7.52. The van der Waals surface area contributed by atoms with Crippen LogP contribution in [0, 0.1) is 17.2 Å². The molecule has 1 aliphatic rings. The molecule has 0 aliphatic carbocycles. The SMILES string of the molecule is CCNC(C)(C#N)CCCN1CCC(CC)CC1. The maximum atomic E-state index is 9.19. The third-order valence-electron chi connectivity index (χ3n) is 4.25. The topological polar surface area (TPSA) is 39.1 Å². The molecule has 1 rings (SSSR count). The standard InChI is InChI=1S/C15H29N3/c1-4-14-7-11-18(12-8-14)10-6-9-15(3,13-16)17-5-2/h14,17H,4-12H2,1-3H3. The highest BCUT2D eigenvalue weighted by Gasteiger charge is 2.23. The van der Waals surface area contributed by atoms with Gasteiger partial charge in [0.1, 0.15) is 5.54 Å². The zero-order chi connectivity index (χ0) is 13.4. The fourth-order valence-electron chi connectivity index (χ4n) is 2.85. The summed E-state index contributed by atoms with van der Waals surface area (Å²) in [5.74, 6) is 0.951. The van der Waals surface area contributed by atoms with Crippen molar-refractivity contribution in [1.82, 2.24) is 10.2 Å². The molecule has 1 saturated heterocycles. The molecule has 18 heavy (non-hydrogen) atoms. The summed E-state index contributed by atoms with van der Waals surface area (Å²) in [5, 5.41) is 12.5. The zero-order valence-electron chi connectivity index (χ0n) is 12.3. The van der Waals surface area contributed by atoms with Gasteiger partial charge in [0.25, 0.3) is 0 Å². The van der Waals surface area contributed by atoms with Gasteiger partial charge in [-0.3, -0.25) is 5.32 Å². The molecule has 1 aliphatic heterocycles. The lowest BCUT2D eigenvalue weighted by Crippen LogP contribution is -2.42. The molecule has 3 nitrogen and oxygen atoms in total. The third kappa shape index (κ3) is 4.96. The first-order chi connectivity index (χ1) is 8.63. The molecule has 104 valence electrons. The van der Waals surface area contributed by atoms with Gasteiger partial charge in [0.15, 0.2) is 0 Å². The highest BCUT2D eigenvalue weighted by molar-refractivity contribution is 5.03. The average molecular weight is 251 g/mol. The van der Waals surface area contributed by atoms with Crippen molar-refractivity contribution >= 4 is 0 Å². The molecule has 0 radical (unpaired) electrons. The summed E-state index contributed by atoms with van der Waals surface area (Å²) in [6, 6.07) is 2.40. The van der Waals surface area contributed by atoms with Crippen LogP contribution in [0.2, 0.25) is 0 Å². The Balaban J connectivity index is 2.20. The summed E-state index contributed by atoms with van der Waals surface area (Å²) >= 11 is 0. The Hall–Kier alpha value is -0.590. The molecule has 0 bridgehead atoms. The smallest absolute Gasteiger partial charge is 0.103 e. The molecule has 1 unspecified atom stereocenters. The summed E-state index contributed by atoms with van der Waals surface area (Å²) in [7, 11) is 0. The van der Waals surface area contributed by atoms with E-state index in [2.05, 4.69) is 30.1 Å². The van der Waals surface area contributed by atoms with Crippen LogP contribution in [0.4, 0.5) is 0 Å². The van der Waals surface area contributed by atoms with Crippen molar-refractivity contribution in [3.63, 3.8) is 0 Å². The molecule has 0 amide bonds. The molecule has 0 aromatic heterocycles.